The molecule has 12 heavy (non-hydrogen) atoms. The first-order chi connectivity index (χ1) is 5.90. The van der Waals surface area contributed by atoms with Gasteiger partial charge in [0.25, 0.3) is 0 Å². The molecule has 0 aromatic heterocycles. The third-order valence-electron chi connectivity index (χ3n) is 4.81. The molecule has 1 nitrogen and oxygen atoms in total. The van der Waals surface area contributed by atoms with Gasteiger partial charge in [-0.3, -0.25) is 0 Å². The van der Waals surface area contributed by atoms with Gasteiger partial charge in [-0.05, 0) is 61.7 Å². The molecular formula is C11H18O. The lowest BCUT2D eigenvalue weighted by Crippen LogP contribution is -2.14. The highest BCUT2D eigenvalue weighted by Gasteiger charge is 2.52. The van der Waals surface area contributed by atoms with Crippen molar-refractivity contribution < 1.29 is 5.11 Å². The van der Waals surface area contributed by atoms with Crippen LogP contribution in [0.5, 0.6) is 0 Å². The predicted molar refractivity (Wildman–Crippen MR) is 47.6 cm³/mol. The van der Waals surface area contributed by atoms with E-state index in [4.69, 9.17) is 0 Å². The molecule has 0 aliphatic heterocycles. The fourth-order valence-electron chi connectivity index (χ4n) is 4.43. The van der Waals surface area contributed by atoms with Gasteiger partial charge in [0.2, 0.25) is 0 Å². The van der Waals surface area contributed by atoms with Crippen molar-refractivity contribution in [2.24, 2.45) is 29.6 Å². The van der Waals surface area contributed by atoms with Gasteiger partial charge in [0.05, 0.1) is 0 Å². The largest absolute Gasteiger partial charge is 0.396 e. The Balaban J connectivity index is 1.86. The summed E-state index contributed by atoms with van der Waals surface area (Å²) in [6.07, 6.45) is 7.23. The first-order valence-corrected chi connectivity index (χ1v) is 5.51. The van der Waals surface area contributed by atoms with Gasteiger partial charge in [-0.15, -0.1) is 0 Å². The fourth-order valence-corrected chi connectivity index (χ4v) is 4.43. The molecule has 0 heterocycles. The minimum absolute atomic E-state index is 0.463. The minimum Gasteiger partial charge on any atom is -0.396 e. The van der Waals surface area contributed by atoms with Gasteiger partial charge in [0.1, 0.15) is 0 Å². The van der Waals surface area contributed by atoms with E-state index in [1.807, 2.05) is 0 Å². The van der Waals surface area contributed by atoms with E-state index >= 15 is 0 Å². The third kappa shape index (κ3) is 0.783. The second-order valence-electron chi connectivity index (χ2n) is 5.09. The summed E-state index contributed by atoms with van der Waals surface area (Å²) in [6, 6.07) is 0. The summed E-state index contributed by atoms with van der Waals surface area (Å²) in [5.41, 5.74) is 0. The van der Waals surface area contributed by atoms with Gasteiger partial charge >= 0.3 is 0 Å². The zero-order chi connectivity index (χ0) is 8.13. The highest BCUT2D eigenvalue weighted by molar-refractivity contribution is 5.02. The number of aliphatic hydroxyl groups excluding tert-OH is 1. The lowest BCUT2D eigenvalue weighted by Gasteiger charge is -2.16. The van der Waals surface area contributed by atoms with Crippen LogP contribution in [0.2, 0.25) is 0 Å². The van der Waals surface area contributed by atoms with Gasteiger partial charge in [0.15, 0.2) is 0 Å². The molecule has 3 fully saturated rings. The van der Waals surface area contributed by atoms with E-state index in [-0.39, 0.29) is 0 Å². The molecule has 3 aliphatic carbocycles. The number of aliphatic hydroxyl groups is 1. The van der Waals surface area contributed by atoms with Crippen molar-refractivity contribution in [1.82, 2.24) is 0 Å². The quantitative estimate of drug-likeness (QED) is 0.632. The maximum Gasteiger partial charge on any atom is 0.0462 e. The van der Waals surface area contributed by atoms with Crippen molar-refractivity contribution >= 4 is 0 Å². The molecule has 0 radical (unpaired) electrons. The average Bonchev–Trinajstić information content (AvgIpc) is 2.72. The van der Waals surface area contributed by atoms with Crippen LogP contribution in [0.15, 0.2) is 0 Å². The molecule has 5 atom stereocenters. The third-order valence-corrected chi connectivity index (χ3v) is 4.81. The predicted octanol–water partition coefficient (Wildman–Crippen LogP) is 2.05. The summed E-state index contributed by atoms with van der Waals surface area (Å²) >= 11 is 0. The molecule has 3 aliphatic rings. The Kier molecular flexibility index (Phi) is 1.52. The summed E-state index contributed by atoms with van der Waals surface area (Å²) in [5, 5.41) is 9.24. The molecule has 0 saturated heterocycles. The molecule has 0 spiro atoms. The van der Waals surface area contributed by atoms with Crippen molar-refractivity contribution in [3.8, 4) is 0 Å². The lowest BCUT2D eigenvalue weighted by atomic mass is 9.90. The summed E-state index contributed by atoms with van der Waals surface area (Å²) in [4.78, 5) is 0. The summed E-state index contributed by atoms with van der Waals surface area (Å²) in [5.74, 6) is 4.73. The number of rotatable bonds is 1. The van der Waals surface area contributed by atoms with Crippen LogP contribution in [0.1, 0.15) is 32.1 Å². The topological polar surface area (TPSA) is 20.2 Å². The highest BCUT2D eigenvalue weighted by atomic mass is 16.3. The molecule has 68 valence electrons. The van der Waals surface area contributed by atoms with E-state index in [0.29, 0.717) is 12.5 Å². The Bertz CT molecular complexity index is 189. The second kappa shape index (κ2) is 2.47. The maximum absolute atomic E-state index is 9.24. The summed E-state index contributed by atoms with van der Waals surface area (Å²) in [6.45, 7) is 0.463. The molecule has 1 heteroatoms. The van der Waals surface area contributed by atoms with Crippen LogP contribution in [0.4, 0.5) is 0 Å². The van der Waals surface area contributed by atoms with Gasteiger partial charge in [-0.2, -0.15) is 0 Å². The summed E-state index contributed by atoms with van der Waals surface area (Å²) in [7, 11) is 0. The molecule has 0 bridgehead atoms. The highest BCUT2D eigenvalue weighted by Crippen LogP contribution is 2.60. The lowest BCUT2D eigenvalue weighted by molar-refractivity contribution is 0.184. The first-order valence-electron chi connectivity index (χ1n) is 5.51. The second-order valence-corrected chi connectivity index (χ2v) is 5.09. The van der Waals surface area contributed by atoms with Crippen molar-refractivity contribution in [2.45, 2.75) is 32.1 Å². The first kappa shape index (κ1) is 7.37. The zero-order valence-corrected chi connectivity index (χ0v) is 7.58. The smallest absolute Gasteiger partial charge is 0.0462 e. The molecule has 0 aromatic rings. The van der Waals surface area contributed by atoms with E-state index in [1.54, 1.807) is 0 Å². The fraction of sp³-hybridized carbons (Fsp3) is 1.00. The maximum atomic E-state index is 9.24. The minimum atomic E-state index is 0.463. The Morgan fingerprint density at radius 2 is 1.75 bits per heavy atom. The van der Waals surface area contributed by atoms with Gasteiger partial charge in [0, 0.05) is 6.61 Å². The van der Waals surface area contributed by atoms with Crippen LogP contribution in [0, 0.1) is 29.6 Å². The van der Waals surface area contributed by atoms with Crippen LogP contribution in [0.3, 0.4) is 0 Å². The Hall–Kier alpha value is -0.0400. The number of hydrogen-bond acceptors (Lipinski definition) is 1. The molecular weight excluding hydrogens is 148 g/mol. The van der Waals surface area contributed by atoms with Crippen molar-refractivity contribution in [3.63, 3.8) is 0 Å². The van der Waals surface area contributed by atoms with E-state index in [2.05, 4.69) is 0 Å². The normalized spacial score (nSPS) is 56.2. The molecule has 3 saturated carbocycles. The van der Waals surface area contributed by atoms with Crippen LogP contribution < -0.4 is 0 Å². The zero-order valence-electron chi connectivity index (χ0n) is 7.58. The van der Waals surface area contributed by atoms with Crippen molar-refractivity contribution in [1.29, 1.82) is 0 Å². The Morgan fingerprint density at radius 3 is 2.58 bits per heavy atom. The summed E-state index contributed by atoms with van der Waals surface area (Å²) < 4.78 is 0. The van der Waals surface area contributed by atoms with Gasteiger partial charge in [-0.1, -0.05) is 0 Å². The SMILES string of the molecule is OCC1CC2CCC3CCC1C32. The molecule has 0 amide bonds. The average molecular weight is 166 g/mol. The Morgan fingerprint density at radius 1 is 1.00 bits per heavy atom. The molecule has 3 rings (SSSR count). The van der Waals surface area contributed by atoms with Crippen LogP contribution in [0.25, 0.3) is 0 Å². The van der Waals surface area contributed by atoms with Crippen molar-refractivity contribution in [3.05, 3.63) is 0 Å². The van der Waals surface area contributed by atoms with E-state index in [1.165, 1.54) is 32.1 Å². The van der Waals surface area contributed by atoms with E-state index < -0.39 is 0 Å². The molecule has 5 unspecified atom stereocenters. The van der Waals surface area contributed by atoms with E-state index in [9.17, 15) is 5.11 Å². The van der Waals surface area contributed by atoms with Crippen molar-refractivity contribution in [2.75, 3.05) is 6.61 Å². The van der Waals surface area contributed by atoms with Gasteiger partial charge in [-0.25, -0.2) is 0 Å². The molecule has 1 N–H and O–H groups in total. The monoisotopic (exact) mass is 166 g/mol. The van der Waals surface area contributed by atoms with Crippen LogP contribution >= 0.6 is 0 Å². The standard InChI is InChI=1S/C11H18O/c12-6-9-5-8-2-1-7-3-4-10(9)11(7)8/h7-12H,1-6H2. The Labute approximate surface area is 74.2 Å². The molecule has 0 aromatic carbocycles. The van der Waals surface area contributed by atoms with Crippen LogP contribution in [-0.2, 0) is 0 Å². The van der Waals surface area contributed by atoms with E-state index in [0.717, 1.165) is 23.7 Å². The number of hydrogen-bond donors (Lipinski definition) is 1. The van der Waals surface area contributed by atoms with Crippen LogP contribution in [-0.4, -0.2) is 11.7 Å². The van der Waals surface area contributed by atoms with Gasteiger partial charge < -0.3 is 5.11 Å².